The zero-order valence-electron chi connectivity index (χ0n) is 12.7. The predicted molar refractivity (Wildman–Crippen MR) is 83.7 cm³/mol. The van der Waals surface area contributed by atoms with Crippen LogP contribution in [-0.4, -0.2) is 25.1 Å². The third-order valence-corrected chi connectivity index (χ3v) is 4.82. The second-order valence-corrected chi connectivity index (χ2v) is 6.27. The van der Waals surface area contributed by atoms with Gasteiger partial charge in [-0.3, -0.25) is 4.79 Å². The Kier molecular flexibility index (Phi) is 3.89. The van der Waals surface area contributed by atoms with E-state index in [1.165, 1.54) is 12.0 Å². The summed E-state index contributed by atoms with van der Waals surface area (Å²) in [7, 11) is 1.67. The van der Waals surface area contributed by atoms with Crippen molar-refractivity contribution in [2.24, 2.45) is 5.73 Å². The summed E-state index contributed by atoms with van der Waals surface area (Å²) in [6, 6.07) is 5.96. The highest BCUT2D eigenvalue weighted by atomic mass is 16.5. The number of carbonyl (C=O) groups excluding carboxylic acids is 1. The molecule has 0 spiro atoms. The number of carbonyl (C=O) groups is 1. The van der Waals surface area contributed by atoms with Gasteiger partial charge in [-0.15, -0.1) is 0 Å². The number of nitrogens with zero attached hydrogens (tertiary/aromatic N) is 1. The maximum absolute atomic E-state index is 13.0. The normalized spacial score (nSPS) is 20.8. The molecule has 0 unspecified atom stereocenters. The lowest BCUT2D eigenvalue weighted by Gasteiger charge is -2.39. The summed E-state index contributed by atoms with van der Waals surface area (Å²) in [6.07, 6.45) is 6.93. The topological polar surface area (TPSA) is 55.6 Å². The van der Waals surface area contributed by atoms with E-state index in [9.17, 15) is 4.79 Å². The van der Waals surface area contributed by atoms with Crippen molar-refractivity contribution in [2.75, 3.05) is 18.6 Å². The smallest absolute Gasteiger partial charge is 0.247 e. The van der Waals surface area contributed by atoms with Gasteiger partial charge in [-0.1, -0.05) is 19.3 Å². The van der Waals surface area contributed by atoms with Gasteiger partial charge in [0.05, 0.1) is 12.6 Å². The summed E-state index contributed by atoms with van der Waals surface area (Å²) in [5, 5.41) is 0. The first-order chi connectivity index (χ1) is 10.1. The lowest BCUT2D eigenvalue weighted by molar-refractivity contribution is -0.124. The average molecular weight is 288 g/mol. The number of benzene rings is 1. The molecule has 4 nitrogen and oxygen atoms in total. The SMILES string of the molecule is COc1ccc2c(c1)CCCN2C(=O)C1(N)CCCCC1. The molecule has 1 aliphatic heterocycles. The van der Waals surface area contributed by atoms with Crippen molar-refractivity contribution in [1.82, 2.24) is 0 Å². The van der Waals surface area contributed by atoms with E-state index >= 15 is 0 Å². The number of hydrogen-bond donors (Lipinski definition) is 1. The molecule has 1 aliphatic carbocycles. The maximum atomic E-state index is 13.0. The number of amides is 1. The van der Waals surface area contributed by atoms with Crippen molar-refractivity contribution >= 4 is 11.6 Å². The molecule has 1 fully saturated rings. The van der Waals surface area contributed by atoms with Crippen LogP contribution < -0.4 is 15.4 Å². The number of methoxy groups -OCH3 is 1. The molecule has 21 heavy (non-hydrogen) atoms. The second kappa shape index (κ2) is 5.68. The Bertz CT molecular complexity index is 536. The molecule has 4 heteroatoms. The van der Waals surface area contributed by atoms with Crippen molar-refractivity contribution in [3.63, 3.8) is 0 Å². The molecule has 1 aromatic carbocycles. The molecule has 3 rings (SSSR count). The molecule has 1 heterocycles. The van der Waals surface area contributed by atoms with Crippen molar-refractivity contribution in [2.45, 2.75) is 50.5 Å². The Labute approximate surface area is 126 Å². The Morgan fingerprint density at radius 2 is 2.00 bits per heavy atom. The van der Waals surface area contributed by atoms with E-state index in [2.05, 4.69) is 0 Å². The van der Waals surface area contributed by atoms with Gasteiger partial charge in [0.15, 0.2) is 0 Å². The molecular weight excluding hydrogens is 264 g/mol. The summed E-state index contributed by atoms with van der Waals surface area (Å²) in [4.78, 5) is 14.9. The lowest BCUT2D eigenvalue weighted by Crippen LogP contribution is -2.57. The third-order valence-electron chi connectivity index (χ3n) is 4.82. The Hall–Kier alpha value is -1.55. The number of hydrogen-bond acceptors (Lipinski definition) is 3. The molecule has 0 aromatic heterocycles. The highest BCUT2D eigenvalue weighted by molar-refractivity contribution is 6.01. The number of aryl methyl sites for hydroxylation is 1. The van der Waals surface area contributed by atoms with E-state index < -0.39 is 5.54 Å². The van der Waals surface area contributed by atoms with E-state index in [1.54, 1.807) is 7.11 Å². The van der Waals surface area contributed by atoms with Gasteiger partial charge in [0, 0.05) is 12.2 Å². The molecule has 1 aromatic rings. The van der Waals surface area contributed by atoms with Crippen LogP contribution in [0.5, 0.6) is 5.75 Å². The van der Waals surface area contributed by atoms with Gasteiger partial charge >= 0.3 is 0 Å². The summed E-state index contributed by atoms with van der Waals surface area (Å²) in [5.74, 6) is 0.955. The molecule has 2 aliphatic rings. The minimum absolute atomic E-state index is 0.105. The number of fused-ring (bicyclic) bond motifs is 1. The molecular formula is C17H24N2O2. The van der Waals surface area contributed by atoms with E-state index in [0.29, 0.717) is 0 Å². The number of ether oxygens (including phenoxy) is 1. The van der Waals surface area contributed by atoms with Crippen molar-refractivity contribution in [1.29, 1.82) is 0 Å². The molecule has 0 bridgehead atoms. The van der Waals surface area contributed by atoms with Gasteiger partial charge in [-0.05, 0) is 49.4 Å². The quantitative estimate of drug-likeness (QED) is 0.910. The number of rotatable bonds is 2. The molecule has 0 saturated heterocycles. The Morgan fingerprint density at radius 1 is 1.24 bits per heavy atom. The third kappa shape index (κ3) is 2.64. The molecule has 114 valence electrons. The fraction of sp³-hybridized carbons (Fsp3) is 0.588. The van der Waals surface area contributed by atoms with Crippen LogP contribution in [0.25, 0.3) is 0 Å². The summed E-state index contributed by atoms with van der Waals surface area (Å²) >= 11 is 0. The van der Waals surface area contributed by atoms with E-state index in [1.807, 2.05) is 23.1 Å². The van der Waals surface area contributed by atoms with Gasteiger partial charge in [0.2, 0.25) is 5.91 Å². The van der Waals surface area contributed by atoms with Gasteiger partial charge in [0.1, 0.15) is 5.75 Å². The van der Waals surface area contributed by atoms with Crippen LogP contribution in [0.3, 0.4) is 0 Å². The maximum Gasteiger partial charge on any atom is 0.247 e. The van der Waals surface area contributed by atoms with E-state index in [-0.39, 0.29) is 5.91 Å². The summed E-state index contributed by atoms with van der Waals surface area (Å²) in [5.41, 5.74) is 7.98. The summed E-state index contributed by atoms with van der Waals surface area (Å²) < 4.78 is 5.28. The first kappa shape index (κ1) is 14.4. The zero-order chi connectivity index (χ0) is 14.9. The first-order valence-electron chi connectivity index (χ1n) is 7.92. The zero-order valence-corrected chi connectivity index (χ0v) is 12.7. The van der Waals surface area contributed by atoms with Crippen LogP contribution in [0.4, 0.5) is 5.69 Å². The highest BCUT2D eigenvalue weighted by Crippen LogP contribution is 2.34. The van der Waals surface area contributed by atoms with Crippen LogP contribution in [0, 0.1) is 0 Å². The van der Waals surface area contributed by atoms with Crippen molar-refractivity contribution < 1.29 is 9.53 Å². The van der Waals surface area contributed by atoms with Gasteiger partial charge in [-0.25, -0.2) is 0 Å². The molecule has 1 amide bonds. The van der Waals surface area contributed by atoms with Crippen molar-refractivity contribution in [3.05, 3.63) is 23.8 Å². The fourth-order valence-corrected chi connectivity index (χ4v) is 3.58. The number of anilines is 1. The monoisotopic (exact) mass is 288 g/mol. The average Bonchev–Trinajstić information content (AvgIpc) is 2.53. The molecule has 0 radical (unpaired) electrons. The molecule has 0 atom stereocenters. The van der Waals surface area contributed by atoms with Gasteiger partial charge in [0.25, 0.3) is 0 Å². The Balaban J connectivity index is 1.89. The summed E-state index contributed by atoms with van der Waals surface area (Å²) in [6.45, 7) is 0.775. The van der Waals surface area contributed by atoms with Crippen molar-refractivity contribution in [3.8, 4) is 5.75 Å². The number of nitrogens with two attached hydrogens (primary N) is 1. The predicted octanol–water partition coefficient (Wildman–Crippen LogP) is 2.64. The fourth-order valence-electron chi connectivity index (χ4n) is 3.58. The van der Waals surface area contributed by atoms with E-state index in [0.717, 1.165) is 56.5 Å². The largest absolute Gasteiger partial charge is 0.497 e. The van der Waals surface area contributed by atoms with Gasteiger partial charge < -0.3 is 15.4 Å². The molecule has 2 N–H and O–H groups in total. The Morgan fingerprint density at radius 3 is 2.71 bits per heavy atom. The van der Waals surface area contributed by atoms with Gasteiger partial charge in [-0.2, -0.15) is 0 Å². The lowest BCUT2D eigenvalue weighted by atomic mass is 9.81. The minimum Gasteiger partial charge on any atom is -0.497 e. The molecule has 1 saturated carbocycles. The van der Waals surface area contributed by atoms with Crippen LogP contribution in [0.2, 0.25) is 0 Å². The van der Waals surface area contributed by atoms with Crippen LogP contribution >= 0.6 is 0 Å². The van der Waals surface area contributed by atoms with Crippen LogP contribution in [0.15, 0.2) is 18.2 Å². The minimum atomic E-state index is -0.660. The van der Waals surface area contributed by atoms with Crippen LogP contribution in [0.1, 0.15) is 44.1 Å². The standard InChI is InChI=1S/C17H24N2O2/c1-21-14-7-8-15-13(12-14)6-5-11-19(15)16(20)17(18)9-3-2-4-10-17/h7-8,12H,2-6,9-11,18H2,1H3. The first-order valence-corrected chi connectivity index (χ1v) is 7.92. The van der Waals surface area contributed by atoms with E-state index in [4.69, 9.17) is 10.5 Å². The second-order valence-electron chi connectivity index (χ2n) is 6.27. The van der Waals surface area contributed by atoms with Crippen LogP contribution in [-0.2, 0) is 11.2 Å². The highest BCUT2D eigenvalue weighted by Gasteiger charge is 2.39.